The summed E-state index contributed by atoms with van der Waals surface area (Å²) in [5.41, 5.74) is 1.23. The molecule has 0 saturated carbocycles. The number of ether oxygens (including phenoxy) is 1. The highest BCUT2D eigenvalue weighted by Crippen LogP contribution is 2.21. The Bertz CT molecular complexity index is 714. The first-order chi connectivity index (χ1) is 11.0. The Balaban J connectivity index is 1.84. The van der Waals surface area contributed by atoms with Crippen molar-refractivity contribution >= 4 is 51.9 Å². The van der Waals surface area contributed by atoms with Gasteiger partial charge in [0.1, 0.15) is 17.1 Å². The monoisotopic (exact) mass is 445 g/mol. The average molecular weight is 445 g/mol. The first-order valence-corrected chi connectivity index (χ1v) is 9.04. The maximum Gasteiger partial charge on any atom is 0.341 e. The van der Waals surface area contributed by atoms with E-state index < -0.39 is 5.97 Å². The summed E-state index contributed by atoms with van der Waals surface area (Å²) in [6.45, 7) is 1.71. The van der Waals surface area contributed by atoms with Crippen molar-refractivity contribution in [1.29, 1.82) is 0 Å². The number of halogens is 1. The van der Waals surface area contributed by atoms with Gasteiger partial charge in [0.15, 0.2) is 0 Å². The molecule has 0 atom stereocenters. The number of benzene rings is 1. The highest BCUT2D eigenvalue weighted by molar-refractivity contribution is 14.1. The summed E-state index contributed by atoms with van der Waals surface area (Å²) >= 11 is 3.60. The second kappa shape index (κ2) is 8.39. The molecular weight excluding hydrogens is 429 g/mol. The molecule has 1 aromatic carbocycles. The van der Waals surface area contributed by atoms with E-state index in [0.717, 1.165) is 9.26 Å². The fourth-order valence-corrected chi connectivity index (χ4v) is 3.15. The van der Waals surface area contributed by atoms with Gasteiger partial charge in [0.2, 0.25) is 5.91 Å². The molecule has 1 heterocycles. The van der Waals surface area contributed by atoms with Crippen molar-refractivity contribution in [2.75, 3.05) is 18.2 Å². The Morgan fingerprint density at radius 1 is 1.35 bits per heavy atom. The lowest BCUT2D eigenvalue weighted by Crippen LogP contribution is -2.14. The van der Waals surface area contributed by atoms with Crippen LogP contribution in [0, 0.1) is 10.5 Å². The summed E-state index contributed by atoms with van der Waals surface area (Å²) in [7, 11) is 1.33. The summed E-state index contributed by atoms with van der Waals surface area (Å²) in [5, 5.41) is 2.87. The van der Waals surface area contributed by atoms with E-state index in [0.29, 0.717) is 28.6 Å². The maximum atomic E-state index is 11.9. The van der Waals surface area contributed by atoms with Crippen LogP contribution in [-0.4, -0.2) is 24.7 Å². The van der Waals surface area contributed by atoms with Crippen LogP contribution in [-0.2, 0) is 15.3 Å². The van der Waals surface area contributed by atoms with Gasteiger partial charge in [-0.15, -0.1) is 11.8 Å². The van der Waals surface area contributed by atoms with Crippen molar-refractivity contribution in [2.24, 2.45) is 0 Å². The van der Waals surface area contributed by atoms with E-state index in [1.807, 2.05) is 24.3 Å². The number of aryl methyl sites for hydroxylation is 1. The van der Waals surface area contributed by atoms with Crippen LogP contribution in [0.25, 0.3) is 0 Å². The van der Waals surface area contributed by atoms with E-state index in [-0.39, 0.29) is 5.91 Å². The van der Waals surface area contributed by atoms with Crippen molar-refractivity contribution in [1.82, 2.24) is 0 Å². The molecule has 2 aromatic rings. The number of thioether (sulfide) groups is 1. The van der Waals surface area contributed by atoms with Crippen LogP contribution >= 0.6 is 34.4 Å². The Morgan fingerprint density at radius 3 is 2.78 bits per heavy atom. The zero-order valence-corrected chi connectivity index (χ0v) is 15.7. The minimum Gasteiger partial charge on any atom is -0.465 e. The van der Waals surface area contributed by atoms with E-state index in [4.69, 9.17) is 4.42 Å². The molecule has 23 heavy (non-hydrogen) atoms. The van der Waals surface area contributed by atoms with Gasteiger partial charge in [0.05, 0.1) is 24.3 Å². The number of hydrogen-bond donors (Lipinski definition) is 1. The first kappa shape index (κ1) is 17.9. The molecule has 122 valence electrons. The van der Waals surface area contributed by atoms with Gasteiger partial charge in [0.25, 0.3) is 0 Å². The third-order valence-electron chi connectivity index (χ3n) is 3.00. The van der Waals surface area contributed by atoms with Gasteiger partial charge in [-0.05, 0) is 47.7 Å². The zero-order valence-electron chi connectivity index (χ0n) is 12.7. The van der Waals surface area contributed by atoms with Crippen LogP contribution in [0.4, 0.5) is 5.69 Å². The molecule has 1 amide bonds. The number of nitrogens with one attached hydrogen (secondary N) is 1. The molecule has 2 rings (SSSR count). The molecule has 0 radical (unpaired) electrons. The predicted molar refractivity (Wildman–Crippen MR) is 98.7 cm³/mol. The van der Waals surface area contributed by atoms with Crippen LogP contribution < -0.4 is 5.32 Å². The largest absolute Gasteiger partial charge is 0.465 e. The standard InChI is InChI=1S/C16H16INO4S/c1-10-12(16(20)21-2)7-11(22-10)8-23-9-15(19)18-14-6-4-3-5-13(14)17/h3-7H,8-9H2,1-2H3,(H,18,19). The highest BCUT2D eigenvalue weighted by atomic mass is 127. The Morgan fingerprint density at radius 2 is 2.09 bits per heavy atom. The Hall–Kier alpha value is -1.48. The van der Waals surface area contributed by atoms with E-state index in [2.05, 4.69) is 32.6 Å². The molecule has 0 aliphatic heterocycles. The topological polar surface area (TPSA) is 68.5 Å². The zero-order chi connectivity index (χ0) is 16.8. The van der Waals surface area contributed by atoms with Crippen molar-refractivity contribution < 1.29 is 18.7 Å². The summed E-state index contributed by atoms with van der Waals surface area (Å²) in [6, 6.07) is 9.26. The number of esters is 1. The van der Waals surface area contributed by atoms with Crippen LogP contribution in [0.1, 0.15) is 21.9 Å². The third-order valence-corrected chi connectivity index (χ3v) is 4.90. The minimum atomic E-state index is -0.418. The summed E-state index contributed by atoms with van der Waals surface area (Å²) < 4.78 is 11.2. The molecule has 0 saturated heterocycles. The second-order valence-electron chi connectivity index (χ2n) is 4.69. The van der Waals surface area contributed by atoms with Crippen LogP contribution in [0.3, 0.4) is 0 Å². The molecule has 7 heteroatoms. The van der Waals surface area contributed by atoms with Gasteiger partial charge < -0.3 is 14.5 Å². The van der Waals surface area contributed by atoms with Gasteiger partial charge in [-0.25, -0.2) is 4.79 Å². The minimum absolute atomic E-state index is 0.0735. The average Bonchev–Trinajstić information content (AvgIpc) is 2.89. The van der Waals surface area contributed by atoms with E-state index >= 15 is 0 Å². The number of furan rings is 1. The van der Waals surface area contributed by atoms with E-state index in [1.54, 1.807) is 13.0 Å². The molecule has 0 bridgehead atoms. The number of carbonyl (C=O) groups excluding carboxylic acids is 2. The van der Waals surface area contributed by atoms with Gasteiger partial charge in [-0.3, -0.25) is 4.79 Å². The van der Waals surface area contributed by atoms with Crippen molar-refractivity contribution in [3.63, 3.8) is 0 Å². The molecule has 0 spiro atoms. The molecule has 1 N–H and O–H groups in total. The number of anilines is 1. The number of amides is 1. The molecule has 0 aliphatic carbocycles. The molecule has 0 unspecified atom stereocenters. The summed E-state index contributed by atoms with van der Waals surface area (Å²) in [6.07, 6.45) is 0. The number of hydrogen-bond acceptors (Lipinski definition) is 5. The van der Waals surface area contributed by atoms with Gasteiger partial charge >= 0.3 is 5.97 Å². The van der Waals surface area contributed by atoms with Crippen LogP contribution in [0.15, 0.2) is 34.7 Å². The van der Waals surface area contributed by atoms with Gasteiger partial charge in [-0.2, -0.15) is 0 Å². The maximum absolute atomic E-state index is 11.9. The quantitative estimate of drug-likeness (QED) is 0.541. The van der Waals surface area contributed by atoms with Gasteiger partial charge in [0, 0.05) is 3.57 Å². The van der Waals surface area contributed by atoms with E-state index in [9.17, 15) is 9.59 Å². The number of methoxy groups -OCH3 is 1. The SMILES string of the molecule is COC(=O)c1cc(CSCC(=O)Nc2ccccc2I)oc1C. The van der Waals surface area contributed by atoms with Crippen molar-refractivity contribution in [2.45, 2.75) is 12.7 Å². The van der Waals surface area contributed by atoms with E-state index in [1.165, 1.54) is 18.9 Å². The Kier molecular flexibility index (Phi) is 6.52. The molecule has 5 nitrogen and oxygen atoms in total. The van der Waals surface area contributed by atoms with Crippen LogP contribution in [0.2, 0.25) is 0 Å². The molecule has 0 aliphatic rings. The lowest BCUT2D eigenvalue weighted by molar-refractivity contribution is -0.113. The molecular formula is C16H16INO4S. The summed E-state index contributed by atoms with van der Waals surface area (Å²) in [4.78, 5) is 23.5. The number of rotatable bonds is 6. The first-order valence-electron chi connectivity index (χ1n) is 6.81. The molecule has 0 fully saturated rings. The Labute approximate surface area is 152 Å². The predicted octanol–water partition coefficient (Wildman–Crippen LogP) is 3.85. The molecule has 1 aromatic heterocycles. The van der Waals surface area contributed by atoms with Crippen molar-refractivity contribution in [3.8, 4) is 0 Å². The summed E-state index contributed by atoms with van der Waals surface area (Å²) in [5.74, 6) is 1.50. The second-order valence-corrected chi connectivity index (χ2v) is 6.84. The normalized spacial score (nSPS) is 10.4. The fraction of sp³-hybridized carbons (Fsp3) is 0.250. The van der Waals surface area contributed by atoms with Crippen LogP contribution in [0.5, 0.6) is 0 Å². The lowest BCUT2D eigenvalue weighted by Gasteiger charge is -2.06. The lowest BCUT2D eigenvalue weighted by atomic mass is 10.2. The van der Waals surface area contributed by atoms with Gasteiger partial charge in [-0.1, -0.05) is 12.1 Å². The van der Waals surface area contributed by atoms with Crippen molar-refractivity contribution in [3.05, 3.63) is 51.0 Å². The number of carbonyl (C=O) groups is 2. The highest BCUT2D eigenvalue weighted by Gasteiger charge is 2.15. The number of para-hydroxylation sites is 1. The third kappa shape index (κ3) is 5.00. The fourth-order valence-electron chi connectivity index (χ4n) is 1.92. The smallest absolute Gasteiger partial charge is 0.341 e.